The quantitative estimate of drug-likeness (QED) is 0.904. The molecule has 3 rings (SSSR count). The predicted octanol–water partition coefficient (Wildman–Crippen LogP) is 2.09. The third-order valence-corrected chi connectivity index (χ3v) is 4.25. The van der Waals surface area contributed by atoms with Gasteiger partial charge in [-0.25, -0.2) is 18.3 Å². The number of halogens is 2. The highest BCUT2D eigenvalue weighted by Gasteiger charge is 2.43. The van der Waals surface area contributed by atoms with Crippen molar-refractivity contribution in [2.24, 2.45) is 0 Å². The Morgan fingerprint density at radius 3 is 2.92 bits per heavy atom. The van der Waals surface area contributed by atoms with Crippen LogP contribution in [0.3, 0.4) is 0 Å². The number of hydrogen-bond acceptors (Lipinski definition) is 4. The van der Waals surface area contributed by atoms with Crippen LogP contribution in [0.15, 0.2) is 18.3 Å². The van der Waals surface area contributed by atoms with Crippen LogP contribution in [0.2, 0.25) is 0 Å². The third-order valence-electron chi connectivity index (χ3n) is 4.25. The van der Waals surface area contributed by atoms with Crippen LogP contribution in [0.1, 0.15) is 29.7 Å². The van der Waals surface area contributed by atoms with Crippen molar-refractivity contribution in [1.29, 1.82) is 0 Å². The molecule has 1 fully saturated rings. The maximum atomic E-state index is 14.1. The minimum atomic E-state index is -1.29. The normalized spacial score (nSPS) is 20.5. The number of benzene rings is 1. The Labute approximate surface area is 137 Å². The van der Waals surface area contributed by atoms with Crippen molar-refractivity contribution < 1.29 is 23.4 Å². The maximum Gasteiger partial charge on any atom is 0.336 e. The molecule has 0 bridgehead atoms. The predicted molar refractivity (Wildman–Crippen MR) is 79.5 cm³/mol. The van der Waals surface area contributed by atoms with Crippen molar-refractivity contribution in [2.45, 2.75) is 38.3 Å². The lowest BCUT2D eigenvalue weighted by Gasteiger charge is -2.21. The molecule has 1 atom stereocenters. The van der Waals surface area contributed by atoms with Crippen molar-refractivity contribution in [3.63, 3.8) is 0 Å². The van der Waals surface area contributed by atoms with Crippen LogP contribution in [0.5, 0.6) is 0 Å². The van der Waals surface area contributed by atoms with E-state index >= 15 is 0 Å². The summed E-state index contributed by atoms with van der Waals surface area (Å²) in [6, 6.07) is 2.58. The van der Waals surface area contributed by atoms with Gasteiger partial charge in [0.15, 0.2) is 5.60 Å². The van der Waals surface area contributed by atoms with E-state index in [0.29, 0.717) is 30.7 Å². The van der Waals surface area contributed by atoms with E-state index in [2.05, 4.69) is 10.3 Å². The minimum absolute atomic E-state index is 0.0706. The second kappa shape index (κ2) is 6.27. The molecule has 1 N–H and O–H groups in total. The summed E-state index contributed by atoms with van der Waals surface area (Å²) in [5.41, 5.74) is -0.638. The highest BCUT2D eigenvalue weighted by molar-refractivity contribution is 5.78. The standard InChI is InChI=1S/C16H17F2N3O3/c1-10-3-4-13(17)12(14(10)18)9-21-8-11(19-20-21)7-16(15(22)23)5-2-6-24-16/h3-4,8H,2,5-7,9H2,1H3,(H,22,23). The Balaban J connectivity index is 1.79. The minimum Gasteiger partial charge on any atom is -0.479 e. The van der Waals surface area contributed by atoms with Crippen LogP contribution < -0.4 is 0 Å². The molecule has 1 saturated heterocycles. The van der Waals surface area contributed by atoms with Crippen LogP contribution in [0.25, 0.3) is 0 Å². The molecule has 1 aromatic carbocycles. The first-order valence-corrected chi connectivity index (χ1v) is 7.61. The lowest BCUT2D eigenvalue weighted by Crippen LogP contribution is -2.40. The van der Waals surface area contributed by atoms with Crippen molar-refractivity contribution in [3.8, 4) is 0 Å². The Morgan fingerprint density at radius 1 is 1.46 bits per heavy atom. The Hall–Kier alpha value is -2.35. The largest absolute Gasteiger partial charge is 0.479 e. The zero-order chi connectivity index (χ0) is 17.3. The zero-order valence-corrected chi connectivity index (χ0v) is 13.1. The number of hydrogen-bond donors (Lipinski definition) is 1. The summed E-state index contributed by atoms with van der Waals surface area (Å²) in [7, 11) is 0. The fourth-order valence-corrected chi connectivity index (χ4v) is 2.89. The average molecular weight is 337 g/mol. The van der Waals surface area contributed by atoms with Crippen molar-refractivity contribution in [3.05, 3.63) is 46.8 Å². The lowest BCUT2D eigenvalue weighted by molar-refractivity contribution is -0.160. The molecule has 2 heterocycles. The highest BCUT2D eigenvalue weighted by atomic mass is 19.1. The van der Waals surface area contributed by atoms with Crippen molar-refractivity contribution >= 4 is 5.97 Å². The smallest absolute Gasteiger partial charge is 0.336 e. The summed E-state index contributed by atoms with van der Waals surface area (Å²) in [6.45, 7) is 1.83. The number of aliphatic carboxylic acids is 1. The molecule has 0 aliphatic carbocycles. The van der Waals surface area contributed by atoms with E-state index in [-0.39, 0.29) is 18.5 Å². The van der Waals surface area contributed by atoms with E-state index < -0.39 is 23.2 Å². The van der Waals surface area contributed by atoms with Gasteiger partial charge in [-0.1, -0.05) is 11.3 Å². The second-order valence-electron chi connectivity index (χ2n) is 5.99. The van der Waals surface area contributed by atoms with E-state index in [4.69, 9.17) is 4.74 Å². The molecule has 1 aliphatic heterocycles. The van der Waals surface area contributed by atoms with E-state index in [9.17, 15) is 18.7 Å². The molecule has 2 aromatic rings. The second-order valence-corrected chi connectivity index (χ2v) is 5.99. The van der Waals surface area contributed by atoms with Crippen molar-refractivity contribution in [2.75, 3.05) is 6.61 Å². The molecule has 8 heteroatoms. The number of carboxylic acid groups (broad SMARTS) is 1. The van der Waals surface area contributed by atoms with Crippen LogP contribution in [0.4, 0.5) is 8.78 Å². The third kappa shape index (κ3) is 3.01. The number of carbonyl (C=O) groups is 1. The summed E-state index contributed by atoms with van der Waals surface area (Å²) in [6.07, 6.45) is 2.63. The van der Waals surface area contributed by atoms with E-state index in [1.165, 1.54) is 23.0 Å². The van der Waals surface area contributed by atoms with Crippen LogP contribution in [0, 0.1) is 18.6 Å². The first-order chi connectivity index (χ1) is 11.4. The molecular weight excluding hydrogens is 320 g/mol. The molecule has 1 unspecified atom stereocenters. The Kier molecular flexibility index (Phi) is 4.31. The molecule has 24 heavy (non-hydrogen) atoms. The summed E-state index contributed by atoms with van der Waals surface area (Å²) < 4.78 is 34.6. The van der Waals surface area contributed by atoms with Gasteiger partial charge in [0.25, 0.3) is 0 Å². The topological polar surface area (TPSA) is 77.2 Å². The van der Waals surface area contributed by atoms with Gasteiger partial charge in [0, 0.05) is 24.8 Å². The van der Waals surface area contributed by atoms with E-state index in [1.807, 2.05) is 0 Å². The van der Waals surface area contributed by atoms with Crippen LogP contribution >= 0.6 is 0 Å². The zero-order valence-electron chi connectivity index (χ0n) is 13.1. The van der Waals surface area contributed by atoms with Gasteiger partial charge in [-0.15, -0.1) is 5.10 Å². The number of aromatic nitrogens is 3. The maximum absolute atomic E-state index is 14.1. The van der Waals surface area contributed by atoms with Gasteiger partial charge in [-0.3, -0.25) is 0 Å². The monoisotopic (exact) mass is 337 g/mol. The molecule has 6 nitrogen and oxygen atoms in total. The number of ether oxygens (including phenoxy) is 1. The summed E-state index contributed by atoms with van der Waals surface area (Å²) in [5, 5.41) is 17.1. The van der Waals surface area contributed by atoms with Crippen LogP contribution in [-0.4, -0.2) is 38.3 Å². The molecule has 128 valence electrons. The van der Waals surface area contributed by atoms with Crippen LogP contribution in [-0.2, 0) is 22.5 Å². The van der Waals surface area contributed by atoms with Gasteiger partial charge in [0.1, 0.15) is 11.6 Å². The Morgan fingerprint density at radius 2 is 2.25 bits per heavy atom. The highest BCUT2D eigenvalue weighted by Crippen LogP contribution is 2.29. The molecule has 0 radical (unpaired) electrons. The van der Waals surface area contributed by atoms with Gasteiger partial charge >= 0.3 is 5.97 Å². The summed E-state index contributed by atoms with van der Waals surface area (Å²) >= 11 is 0. The lowest BCUT2D eigenvalue weighted by atomic mass is 9.95. The molecular formula is C16H17F2N3O3. The number of rotatable bonds is 5. The molecule has 1 aliphatic rings. The molecule has 0 saturated carbocycles. The Bertz CT molecular complexity index is 770. The number of nitrogens with zero attached hydrogens (tertiary/aromatic N) is 3. The van der Waals surface area contributed by atoms with Gasteiger partial charge in [-0.2, -0.15) is 0 Å². The molecule has 1 aromatic heterocycles. The number of carboxylic acids is 1. The molecule has 0 spiro atoms. The van der Waals surface area contributed by atoms with E-state index in [1.54, 1.807) is 6.92 Å². The fraction of sp³-hybridized carbons (Fsp3) is 0.438. The van der Waals surface area contributed by atoms with Gasteiger partial charge < -0.3 is 9.84 Å². The average Bonchev–Trinajstić information content (AvgIpc) is 3.18. The van der Waals surface area contributed by atoms with Crippen molar-refractivity contribution in [1.82, 2.24) is 15.0 Å². The SMILES string of the molecule is Cc1ccc(F)c(Cn2cc(CC3(C(=O)O)CCCO3)nn2)c1F. The number of aryl methyl sites for hydroxylation is 1. The molecule has 0 amide bonds. The van der Waals surface area contributed by atoms with Gasteiger partial charge in [0.05, 0.1) is 12.2 Å². The fourth-order valence-electron chi connectivity index (χ4n) is 2.89. The van der Waals surface area contributed by atoms with Gasteiger partial charge in [0.2, 0.25) is 0 Å². The van der Waals surface area contributed by atoms with Gasteiger partial charge in [-0.05, 0) is 31.4 Å². The summed E-state index contributed by atoms with van der Waals surface area (Å²) in [5.74, 6) is -2.31. The first kappa shape index (κ1) is 16.5. The summed E-state index contributed by atoms with van der Waals surface area (Å²) in [4.78, 5) is 11.5. The first-order valence-electron chi connectivity index (χ1n) is 7.61. The van der Waals surface area contributed by atoms with E-state index in [0.717, 1.165) is 0 Å².